The molecule has 0 aromatic heterocycles. The number of hydrogen-bond acceptors (Lipinski definition) is 6. The van der Waals surface area contributed by atoms with Gasteiger partial charge in [-0.1, -0.05) is 49.7 Å². The van der Waals surface area contributed by atoms with Gasteiger partial charge in [-0.15, -0.1) is 0 Å². The molecule has 0 heterocycles. The minimum atomic E-state index is -3.60. The van der Waals surface area contributed by atoms with Crippen molar-refractivity contribution in [3.63, 3.8) is 0 Å². The molecule has 0 saturated heterocycles. The average Bonchev–Trinajstić information content (AvgIpc) is 3.24. The number of nitrogens with zero attached hydrogens (tertiary/aromatic N) is 1. The van der Waals surface area contributed by atoms with Crippen molar-refractivity contribution in [1.29, 1.82) is 0 Å². The Morgan fingerprint density at radius 2 is 1.80 bits per heavy atom. The van der Waals surface area contributed by atoms with Gasteiger partial charge in [0, 0.05) is 65.6 Å². The second kappa shape index (κ2) is 11.2. The van der Waals surface area contributed by atoms with E-state index < -0.39 is 43.8 Å². The first-order valence-corrected chi connectivity index (χ1v) is 18.5. The van der Waals surface area contributed by atoms with Crippen LogP contribution in [0.2, 0.25) is 5.02 Å². The van der Waals surface area contributed by atoms with E-state index >= 15 is 0 Å². The predicted molar refractivity (Wildman–Crippen MR) is 172 cm³/mol. The van der Waals surface area contributed by atoms with Crippen LogP contribution < -0.4 is 0 Å². The van der Waals surface area contributed by atoms with Gasteiger partial charge in [0.2, 0.25) is 10.0 Å². The molecule has 248 valence electrons. The second-order valence-electron chi connectivity index (χ2n) is 15.1. The van der Waals surface area contributed by atoms with Crippen LogP contribution >= 0.6 is 11.6 Å². The molecule has 3 fully saturated rings. The topological polar surface area (TPSA) is 104 Å². The molecule has 0 amide bonds. The molecule has 3 saturated carbocycles. The highest BCUT2D eigenvalue weighted by Crippen LogP contribution is 2.78. The van der Waals surface area contributed by atoms with Crippen molar-refractivity contribution in [3.8, 4) is 0 Å². The molecule has 7 rings (SSSR count). The SMILES string of the molecule is COCCCN(C[C@]1(O)CC[C@H]2[C@]34C=C[C@@]5(C=C3C(=O)Cc3c(F)cccc3Cl)CC(O)CC[C@]5(C)[C@H]4CC[C@@]21C)S(C)(=O)=O. The van der Waals surface area contributed by atoms with E-state index in [1.54, 1.807) is 13.2 Å². The van der Waals surface area contributed by atoms with Crippen LogP contribution in [0, 0.1) is 39.3 Å². The number of aliphatic hydroxyl groups excluding tert-OH is 1. The van der Waals surface area contributed by atoms with Crippen LogP contribution in [0.1, 0.15) is 70.8 Å². The van der Waals surface area contributed by atoms with E-state index in [2.05, 4.69) is 32.1 Å². The van der Waals surface area contributed by atoms with Crippen molar-refractivity contribution in [2.75, 3.05) is 33.1 Å². The number of rotatable bonds is 10. The average molecular weight is 664 g/mol. The first-order chi connectivity index (χ1) is 21.1. The number of Topliss-reactive ketones (excluding diaryl/α,β-unsaturated/α-hetero) is 1. The van der Waals surface area contributed by atoms with Gasteiger partial charge in [0.1, 0.15) is 5.82 Å². The van der Waals surface area contributed by atoms with E-state index in [1.165, 1.54) is 22.7 Å². The lowest BCUT2D eigenvalue weighted by Crippen LogP contribution is -2.67. The van der Waals surface area contributed by atoms with E-state index in [9.17, 15) is 27.8 Å². The number of ketones is 1. The summed E-state index contributed by atoms with van der Waals surface area (Å²) in [5, 5.41) is 23.6. The summed E-state index contributed by atoms with van der Waals surface area (Å²) in [4.78, 5) is 14.5. The van der Waals surface area contributed by atoms with Gasteiger partial charge in [-0.3, -0.25) is 4.79 Å². The molecule has 2 bridgehead atoms. The Bertz CT molecular complexity index is 1530. The highest BCUT2D eigenvalue weighted by molar-refractivity contribution is 7.88. The van der Waals surface area contributed by atoms with Crippen LogP contribution in [-0.2, 0) is 26.0 Å². The third kappa shape index (κ3) is 4.85. The molecule has 7 nitrogen and oxygen atoms in total. The lowest BCUT2D eigenvalue weighted by Gasteiger charge is -2.71. The summed E-state index contributed by atoms with van der Waals surface area (Å²) in [6.07, 6.45) is 12.1. The zero-order chi connectivity index (χ0) is 32.6. The van der Waals surface area contributed by atoms with Crippen molar-refractivity contribution in [2.24, 2.45) is 33.5 Å². The smallest absolute Gasteiger partial charge is 0.211 e. The van der Waals surface area contributed by atoms with E-state index in [0.717, 1.165) is 12.8 Å². The van der Waals surface area contributed by atoms with E-state index in [0.29, 0.717) is 50.7 Å². The molecule has 1 aromatic rings. The van der Waals surface area contributed by atoms with Crippen LogP contribution in [0.25, 0.3) is 0 Å². The third-order valence-corrected chi connectivity index (χ3v) is 14.7. The Balaban J connectivity index is 1.44. The number of carbonyl (C=O) groups is 1. The van der Waals surface area contributed by atoms with Crippen molar-refractivity contribution >= 4 is 27.4 Å². The Morgan fingerprint density at radius 1 is 1.11 bits per heavy atom. The van der Waals surface area contributed by atoms with E-state index in [1.807, 2.05) is 0 Å². The minimum Gasteiger partial charge on any atom is -0.393 e. The van der Waals surface area contributed by atoms with Crippen molar-refractivity contribution in [1.82, 2.24) is 4.31 Å². The quantitative estimate of drug-likeness (QED) is 0.254. The van der Waals surface area contributed by atoms with Crippen LogP contribution in [0.15, 0.2) is 42.0 Å². The number of carbonyl (C=O) groups excluding carboxylic acids is 1. The molecule has 1 aromatic carbocycles. The van der Waals surface area contributed by atoms with Crippen LogP contribution in [-0.4, -0.2) is 73.5 Å². The monoisotopic (exact) mass is 663 g/mol. The number of halogens is 2. The van der Waals surface area contributed by atoms with Crippen molar-refractivity contribution in [3.05, 3.63) is 58.4 Å². The van der Waals surface area contributed by atoms with Crippen LogP contribution in [0.4, 0.5) is 4.39 Å². The standard InChI is InChI=1S/C35H47ClFNO6S/c1-31-12-9-23(39)20-33(31)15-16-35(25(21-33)28(40)19-24-26(36)7-5-8-27(24)37)29(31)10-13-32(2)30(35)11-14-34(32,41)22-38(45(4,42)43)17-6-18-44-3/h5,7-8,15-16,21,23,29-30,39,41H,6,9-14,17-20,22H2,1-4H3/t23?,29-,30-,31-,32+,33+,34-,35-/m1/s1. The number of allylic oxidation sites excluding steroid dienone is 4. The van der Waals surface area contributed by atoms with Crippen LogP contribution in [0.3, 0.4) is 0 Å². The predicted octanol–water partition coefficient (Wildman–Crippen LogP) is 5.48. The molecule has 45 heavy (non-hydrogen) atoms. The maximum atomic E-state index is 15.0. The van der Waals surface area contributed by atoms with Gasteiger partial charge >= 0.3 is 0 Å². The molecule has 0 aliphatic heterocycles. The van der Waals surface area contributed by atoms with Crippen molar-refractivity contribution < 1.29 is 32.6 Å². The molecule has 1 unspecified atom stereocenters. The first kappa shape index (κ1) is 33.3. The summed E-state index contributed by atoms with van der Waals surface area (Å²) in [6, 6.07) is 4.44. The number of methoxy groups -OCH3 is 1. The summed E-state index contributed by atoms with van der Waals surface area (Å²) in [6.45, 7) is 5.03. The lowest BCUT2D eigenvalue weighted by molar-refractivity contribution is -0.176. The maximum absolute atomic E-state index is 15.0. The van der Waals surface area contributed by atoms with Crippen LogP contribution in [0.5, 0.6) is 0 Å². The van der Waals surface area contributed by atoms with Crippen molar-refractivity contribution in [2.45, 2.75) is 83.3 Å². The van der Waals surface area contributed by atoms with E-state index in [4.69, 9.17) is 16.3 Å². The summed E-state index contributed by atoms with van der Waals surface area (Å²) in [5.41, 5.74) is -2.60. The minimum absolute atomic E-state index is 0.0156. The van der Waals surface area contributed by atoms with Gasteiger partial charge in [0.05, 0.1) is 18.0 Å². The number of aliphatic hydroxyl groups is 2. The molecule has 6 aliphatic carbocycles. The van der Waals surface area contributed by atoms with Gasteiger partial charge in [0.15, 0.2) is 5.78 Å². The van der Waals surface area contributed by atoms with Gasteiger partial charge in [-0.05, 0) is 80.8 Å². The number of sulfonamides is 1. The summed E-state index contributed by atoms with van der Waals surface area (Å²) in [7, 11) is -2.03. The molecule has 6 aliphatic rings. The zero-order valence-electron chi connectivity index (χ0n) is 26.8. The molecule has 0 radical (unpaired) electrons. The summed E-state index contributed by atoms with van der Waals surface area (Å²) >= 11 is 6.40. The number of hydrogen-bond donors (Lipinski definition) is 2. The molecule has 2 N–H and O–H groups in total. The fraction of sp³-hybridized carbons (Fsp3) is 0.686. The molecule has 2 spiro atoms. The first-order valence-electron chi connectivity index (χ1n) is 16.3. The fourth-order valence-corrected chi connectivity index (χ4v) is 11.8. The van der Waals surface area contributed by atoms with Gasteiger partial charge in [-0.2, -0.15) is 4.31 Å². The van der Waals surface area contributed by atoms with Gasteiger partial charge < -0.3 is 14.9 Å². The Morgan fingerprint density at radius 3 is 2.49 bits per heavy atom. The largest absolute Gasteiger partial charge is 0.393 e. The number of fused-ring (bicyclic) bond motifs is 1. The molecule has 10 heteroatoms. The van der Waals surface area contributed by atoms with Gasteiger partial charge in [0.25, 0.3) is 0 Å². The molecular weight excluding hydrogens is 617 g/mol. The van der Waals surface area contributed by atoms with E-state index in [-0.39, 0.29) is 53.1 Å². The highest BCUT2D eigenvalue weighted by atomic mass is 35.5. The zero-order valence-corrected chi connectivity index (χ0v) is 28.4. The number of benzene rings is 1. The molecular formula is C35H47ClFNO6S. The Labute approximate surface area is 271 Å². The maximum Gasteiger partial charge on any atom is 0.211 e. The molecule has 8 atom stereocenters. The Kier molecular flexibility index (Phi) is 8.31. The second-order valence-corrected chi connectivity index (χ2v) is 17.4. The highest BCUT2D eigenvalue weighted by Gasteiger charge is 2.74. The van der Waals surface area contributed by atoms with Gasteiger partial charge in [-0.25, -0.2) is 12.8 Å². The summed E-state index contributed by atoms with van der Waals surface area (Å²) in [5.74, 6) is -0.764. The summed E-state index contributed by atoms with van der Waals surface area (Å²) < 4.78 is 47.4. The lowest BCUT2D eigenvalue weighted by atomic mass is 9.32. The normalized spacial score (nSPS) is 40.2. The number of ether oxygens (including phenoxy) is 1. The fourth-order valence-electron chi connectivity index (χ4n) is 10.7. The Hall–Kier alpha value is -1.62. The third-order valence-electron chi connectivity index (χ3n) is 13.1.